The predicted octanol–water partition coefficient (Wildman–Crippen LogP) is 4.98. The molecule has 5 rings (SSSR count). The number of fused-ring (bicyclic) bond motifs is 3. The van der Waals surface area contributed by atoms with Crippen LogP contribution in [0.3, 0.4) is 0 Å². The van der Waals surface area contributed by atoms with Crippen molar-refractivity contribution < 1.29 is 9.18 Å². The maximum atomic E-state index is 13.6. The third-order valence-corrected chi connectivity index (χ3v) is 6.53. The van der Waals surface area contributed by atoms with E-state index in [1.54, 1.807) is 12.1 Å². The maximum absolute atomic E-state index is 13.6. The summed E-state index contributed by atoms with van der Waals surface area (Å²) in [5.74, 6) is 0.753. The molecule has 3 heterocycles. The zero-order valence-corrected chi connectivity index (χ0v) is 18.1. The molecule has 0 unspecified atom stereocenters. The lowest BCUT2D eigenvalue weighted by atomic mass is 9.94. The Bertz CT molecular complexity index is 1120. The summed E-state index contributed by atoms with van der Waals surface area (Å²) in [6, 6.07) is 12.3. The number of aromatic amines is 1. The Hall–Kier alpha value is -2.86. The summed E-state index contributed by atoms with van der Waals surface area (Å²) in [5.41, 5.74) is 4.75. The highest BCUT2D eigenvalue weighted by atomic mass is 35.5. The Kier molecular flexibility index (Phi) is 5.18. The molecule has 2 aliphatic rings. The number of aromatic nitrogens is 2. The van der Waals surface area contributed by atoms with Gasteiger partial charge in [0.2, 0.25) is 5.91 Å². The Morgan fingerprint density at radius 1 is 1.13 bits per heavy atom. The molecule has 2 aliphatic heterocycles. The minimum Gasteiger partial charge on any atom is -0.371 e. The second-order valence-corrected chi connectivity index (χ2v) is 8.72. The Morgan fingerprint density at radius 3 is 2.61 bits per heavy atom. The fraction of sp³-hybridized carbons (Fsp3) is 0.333. The molecule has 2 aromatic carbocycles. The van der Waals surface area contributed by atoms with Crippen molar-refractivity contribution in [3.05, 3.63) is 64.8 Å². The van der Waals surface area contributed by atoms with Crippen LogP contribution in [0.1, 0.15) is 24.4 Å². The number of hydrogen-bond acceptors (Lipinski definition) is 3. The van der Waals surface area contributed by atoms with E-state index in [4.69, 9.17) is 11.6 Å². The zero-order chi connectivity index (χ0) is 21.5. The number of aryl methyl sites for hydroxylation is 1. The number of halogens is 2. The smallest absolute Gasteiger partial charge is 0.230 e. The van der Waals surface area contributed by atoms with E-state index in [-0.39, 0.29) is 17.6 Å². The lowest BCUT2D eigenvalue weighted by Gasteiger charge is -2.35. The van der Waals surface area contributed by atoms with Crippen molar-refractivity contribution in [2.24, 2.45) is 5.92 Å². The molecular weight excluding hydrogens is 415 g/mol. The van der Waals surface area contributed by atoms with Crippen LogP contribution in [-0.4, -0.2) is 35.5 Å². The highest BCUT2D eigenvalue weighted by Gasteiger charge is 2.32. The van der Waals surface area contributed by atoms with Gasteiger partial charge in [0.05, 0.1) is 17.1 Å². The number of amides is 1. The first-order valence-corrected chi connectivity index (χ1v) is 11.0. The van der Waals surface area contributed by atoms with E-state index in [1.165, 1.54) is 12.1 Å². The zero-order valence-electron chi connectivity index (χ0n) is 17.4. The van der Waals surface area contributed by atoms with Crippen LogP contribution in [0, 0.1) is 18.7 Å². The minimum atomic E-state index is -0.233. The maximum Gasteiger partial charge on any atom is 0.230 e. The van der Waals surface area contributed by atoms with E-state index in [2.05, 4.69) is 14.9 Å². The second kappa shape index (κ2) is 8.00. The SMILES string of the molecule is Cc1nc2c([nH]1)-c1cc(Cl)ccc1N(C(=O)C1CCN(c3ccc(F)cc3)CC1)CC2. The van der Waals surface area contributed by atoms with Gasteiger partial charge in [0.25, 0.3) is 0 Å². The van der Waals surface area contributed by atoms with Gasteiger partial charge in [-0.05, 0) is 62.2 Å². The van der Waals surface area contributed by atoms with E-state index in [9.17, 15) is 9.18 Å². The first kappa shape index (κ1) is 20.1. The molecule has 5 nitrogen and oxygen atoms in total. The highest BCUT2D eigenvalue weighted by molar-refractivity contribution is 6.31. The van der Waals surface area contributed by atoms with E-state index >= 15 is 0 Å². The molecule has 1 N–H and O–H groups in total. The predicted molar refractivity (Wildman–Crippen MR) is 121 cm³/mol. The molecule has 31 heavy (non-hydrogen) atoms. The fourth-order valence-electron chi connectivity index (χ4n) is 4.71. The number of carbonyl (C=O) groups excluding carboxylic acids is 1. The molecule has 1 aromatic heterocycles. The van der Waals surface area contributed by atoms with Gasteiger partial charge >= 0.3 is 0 Å². The normalized spacial score (nSPS) is 16.6. The van der Waals surface area contributed by atoms with Crippen molar-refractivity contribution in [3.63, 3.8) is 0 Å². The van der Waals surface area contributed by atoms with Gasteiger partial charge in [-0.3, -0.25) is 4.79 Å². The van der Waals surface area contributed by atoms with Crippen LogP contribution in [0.2, 0.25) is 5.02 Å². The molecule has 7 heteroatoms. The Morgan fingerprint density at radius 2 is 1.87 bits per heavy atom. The number of benzene rings is 2. The lowest BCUT2D eigenvalue weighted by molar-refractivity contribution is -0.123. The summed E-state index contributed by atoms with van der Waals surface area (Å²) in [4.78, 5) is 25.7. The van der Waals surface area contributed by atoms with E-state index in [1.807, 2.05) is 30.0 Å². The topological polar surface area (TPSA) is 52.2 Å². The molecule has 0 bridgehead atoms. The molecule has 0 atom stereocenters. The van der Waals surface area contributed by atoms with Crippen LogP contribution in [0.15, 0.2) is 42.5 Å². The van der Waals surface area contributed by atoms with Crippen LogP contribution in [0.5, 0.6) is 0 Å². The van der Waals surface area contributed by atoms with Gasteiger partial charge in [0, 0.05) is 48.2 Å². The van der Waals surface area contributed by atoms with Gasteiger partial charge in [-0.1, -0.05) is 11.6 Å². The number of anilines is 2. The third kappa shape index (κ3) is 3.81. The van der Waals surface area contributed by atoms with Gasteiger partial charge < -0.3 is 14.8 Å². The fourth-order valence-corrected chi connectivity index (χ4v) is 4.88. The second-order valence-electron chi connectivity index (χ2n) is 8.28. The van der Waals surface area contributed by atoms with Gasteiger partial charge in [0.15, 0.2) is 0 Å². The van der Waals surface area contributed by atoms with Crippen LogP contribution in [-0.2, 0) is 11.2 Å². The molecule has 0 radical (unpaired) electrons. The van der Waals surface area contributed by atoms with Gasteiger partial charge in [-0.25, -0.2) is 9.37 Å². The van der Waals surface area contributed by atoms with E-state index in [0.29, 0.717) is 18.0 Å². The Balaban J connectivity index is 1.37. The number of nitrogens with one attached hydrogen (secondary N) is 1. The molecule has 0 spiro atoms. The lowest BCUT2D eigenvalue weighted by Crippen LogP contribution is -2.43. The van der Waals surface area contributed by atoms with Gasteiger partial charge in [-0.2, -0.15) is 0 Å². The van der Waals surface area contributed by atoms with Gasteiger partial charge in [-0.15, -0.1) is 0 Å². The molecule has 3 aromatic rings. The van der Waals surface area contributed by atoms with Crippen molar-refractivity contribution in [1.29, 1.82) is 0 Å². The molecular formula is C24H24ClFN4O. The number of piperidine rings is 1. The minimum absolute atomic E-state index is 0.0358. The summed E-state index contributed by atoms with van der Waals surface area (Å²) >= 11 is 6.30. The van der Waals surface area contributed by atoms with Crippen molar-refractivity contribution in [2.75, 3.05) is 29.4 Å². The summed E-state index contributed by atoms with van der Waals surface area (Å²) < 4.78 is 13.2. The molecule has 1 saturated heterocycles. The average Bonchev–Trinajstić information content (AvgIpc) is 3.09. The number of hydrogen-bond donors (Lipinski definition) is 1. The molecule has 0 saturated carbocycles. The molecule has 0 aliphatic carbocycles. The first-order valence-electron chi connectivity index (χ1n) is 10.7. The monoisotopic (exact) mass is 438 g/mol. The third-order valence-electron chi connectivity index (χ3n) is 6.29. The standard InChI is InChI=1S/C24H24ClFN4O/c1-15-27-21-10-13-30(22-7-2-17(25)14-20(22)23(21)28-15)24(31)16-8-11-29(12-9-16)19-5-3-18(26)4-6-19/h2-7,14,16H,8-13H2,1H3,(H,27,28). The van der Waals surface area contributed by atoms with Crippen molar-refractivity contribution in [1.82, 2.24) is 9.97 Å². The number of imidazole rings is 1. The molecule has 1 amide bonds. The van der Waals surface area contributed by atoms with Crippen molar-refractivity contribution in [3.8, 4) is 11.3 Å². The summed E-state index contributed by atoms with van der Waals surface area (Å²) in [5, 5.41) is 0.638. The van der Waals surface area contributed by atoms with E-state index in [0.717, 1.165) is 60.1 Å². The summed E-state index contributed by atoms with van der Waals surface area (Å²) in [7, 11) is 0. The van der Waals surface area contributed by atoms with Crippen LogP contribution >= 0.6 is 11.6 Å². The number of nitrogens with zero attached hydrogens (tertiary/aromatic N) is 3. The molecule has 1 fully saturated rings. The van der Waals surface area contributed by atoms with Crippen LogP contribution in [0.4, 0.5) is 15.8 Å². The van der Waals surface area contributed by atoms with Crippen molar-refractivity contribution in [2.45, 2.75) is 26.2 Å². The number of carbonyl (C=O) groups is 1. The van der Waals surface area contributed by atoms with Crippen molar-refractivity contribution >= 4 is 28.9 Å². The van der Waals surface area contributed by atoms with Crippen LogP contribution < -0.4 is 9.80 Å². The van der Waals surface area contributed by atoms with Crippen LogP contribution in [0.25, 0.3) is 11.3 Å². The summed E-state index contributed by atoms with van der Waals surface area (Å²) in [6.45, 7) is 4.10. The summed E-state index contributed by atoms with van der Waals surface area (Å²) in [6.07, 6.45) is 2.25. The van der Waals surface area contributed by atoms with Gasteiger partial charge in [0.1, 0.15) is 11.6 Å². The quantitative estimate of drug-likeness (QED) is 0.613. The Labute approximate surface area is 185 Å². The first-order chi connectivity index (χ1) is 15.0. The van der Waals surface area contributed by atoms with E-state index < -0.39 is 0 Å². The average molecular weight is 439 g/mol. The highest BCUT2D eigenvalue weighted by Crippen LogP contribution is 2.38. The number of rotatable bonds is 2. The number of H-pyrrole nitrogens is 1. The molecule has 160 valence electrons. The largest absolute Gasteiger partial charge is 0.371 e.